The van der Waals surface area contributed by atoms with Crippen LogP contribution in [0.3, 0.4) is 0 Å². The number of fused-ring (bicyclic) bond motifs is 3. The van der Waals surface area contributed by atoms with Crippen LogP contribution in [-0.2, 0) is 22.4 Å². The zero-order chi connectivity index (χ0) is 24.0. The van der Waals surface area contributed by atoms with Gasteiger partial charge in [-0.2, -0.15) is 0 Å². The Kier molecular flexibility index (Phi) is 8.73. The third-order valence-electron chi connectivity index (χ3n) is 6.79. The van der Waals surface area contributed by atoms with Gasteiger partial charge in [0, 0.05) is 31.9 Å². The van der Waals surface area contributed by atoms with E-state index in [-0.39, 0.29) is 24.0 Å². The van der Waals surface area contributed by atoms with Crippen LogP contribution in [-0.4, -0.2) is 65.7 Å². The monoisotopic (exact) mass is 453 g/mol. The number of carbonyl (C=O) groups is 2. The van der Waals surface area contributed by atoms with E-state index in [1.54, 1.807) is 4.57 Å². The quantitative estimate of drug-likeness (QED) is 0.607. The van der Waals surface area contributed by atoms with E-state index >= 15 is 0 Å². The molecule has 180 valence electrons. The summed E-state index contributed by atoms with van der Waals surface area (Å²) in [5.74, 6) is 0.0912. The molecule has 0 spiro atoms. The molecular formula is C27H39N3O3. The molecule has 0 saturated heterocycles. The van der Waals surface area contributed by atoms with Gasteiger partial charge in [0.25, 0.3) is 0 Å². The normalized spacial score (nSPS) is 20.9. The van der Waals surface area contributed by atoms with E-state index in [2.05, 4.69) is 43.2 Å². The molecule has 6 heteroatoms. The highest BCUT2D eigenvalue weighted by atomic mass is 16.5. The Balaban J connectivity index is 2.03. The Morgan fingerprint density at radius 3 is 2.55 bits per heavy atom. The molecule has 1 amide bonds. The van der Waals surface area contributed by atoms with Crippen molar-refractivity contribution in [2.75, 3.05) is 33.3 Å². The molecule has 33 heavy (non-hydrogen) atoms. The number of ether oxygens (including phenoxy) is 1. The van der Waals surface area contributed by atoms with Crippen LogP contribution in [0, 0.1) is 5.92 Å². The highest BCUT2D eigenvalue weighted by molar-refractivity contribution is 5.81. The fourth-order valence-corrected chi connectivity index (χ4v) is 5.06. The predicted molar refractivity (Wildman–Crippen MR) is 133 cm³/mol. The van der Waals surface area contributed by atoms with Gasteiger partial charge in [0.1, 0.15) is 0 Å². The standard InChI is InChI=1S/C27H39N3O3/c1-6-23-21-17-25-20(16-22(18-28(25)5)26(31)29(7-2)8-3)14-12-10-11-13-15-24(23)30(19-21)27(32)33-9-4/h10,12-13,15-16,19,22,25H,6-9,11,14,17-18H2,1-5H3/t22-,25-/m1/s1. The maximum absolute atomic E-state index is 13.1. The van der Waals surface area contributed by atoms with Crippen molar-refractivity contribution in [1.82, 2.24) is 14.4 Å². The molecule has 0 unspecified atom stereocenters. The van der Waals surface area contributed by atoms with Crippen LogP contribution in [0.2, 0.25) is 0 Å². The van der Waals surface area contributed by atoms with Crippen molar-refractivity contribution < 1.29 is 14.3 Å². The van der Waals surface area contributed by atoms with Gasteiger partial charge in [-0.1, -0.05) is 36.8 Å². The van der Waals surface area contributed by atoms with Gasteiger partial charge in [0.2, 0.25) is 5.91 Å². The van der Waals surface area contributed by atoms with E-state index in [9.17, 15) is 9.59 Å². The summed E-state index contributed by atoms with van der Waals surface area (Å²) in [5, 5.41) is 0. The van der Waals surface area contributed by atoms with E-state index in [0.29, 0.717) is 13.2 Å². The highest BCUT2D eigenvalue weighted by Gasteiger charge is 2.33. The van der Waals surface area contributed by atoms with Gasteiger partial charge < -0.3 is 9.64 Å². The maximum atomic E-state index is 13.1. The summed E-state index contributed by atoms with van der Waals surface area (Å²) in [7, 11) is 2.12. The third kappa shape index (κ3) is 5.49. The Bertz CT molecular complexity index is 937. The van der Waals surface area contributed by atoms with Crippen LogP contribution >= 0.6 is 0 Å². The van der Waals surface area contributed by atoms with Gasteiger partial charge in [-0.15, -0.1) is 0 Å². The Morgan fingerprint density at radius 1 is 1.12 bits per heavy atom. The largest absolute Gasteiger partial charge is 0.449 e. The Morgan fingerprint density at radius 2 is 1.88 bits per heavy atom. The molecule has 2 bridgehead atoms. The van der Waals surface area contributed by atoms with Crippen LogP contribution < -0.4 is 0 Å². The molecule has 6 nitrogen and oxygen atoms in total. The number of hydrogen-bond acceptors (Lipinski definition) is 4. The summed E-state index contributed by atoms with van der Waals surface area (Å²) >= 11 is 0. The second-order valence-corrected chi connectivity index (χ2v) is 8.77. The molecule has 1 aromatic heterocycles. The molecule has 0 aromatic carbocycles. The van der Waals surface area contributed by atoms with Gasteiger partial charge in [0.15, 0.2) is 0 Å². The van der Waals surface area contributed by atoms with E-state index in [1.165, 1.54) is 16.7 Å². The topological polar surface area (TPSA) is 54.8 Å². The smallest absolute Gasteiger partial charge is 0.418 e. The first kappa shape index (κ1) is 25.0. The first-order valence-corrected chi connectivity index (χ1v) is 12.4. The summed E-state index contributed by atoms with van der Waals surface area (Å²) in [6.45, 7) is 10.6. The number of amides is 1. The van der Waals surface area contributed by atoms with Crippen LogP contribution in [0.25, 0.3) is 6.08 Å². The SMILES string of the molecule is CCOC(=O)n1cc2c(CC)c1C=CCC=CCC1=C[C@@H](C(=O)N(CC)CC)CN(C)[C@@H]1C2. The van der Waals surface area contributed by atoms with E-state index in [1.807, 2.05) is 37.9 Å². The molecule has 1 aromatic rings. The predicted octanol–water partition coefficient (Wildman–Crippen LogP) is 4.69. The lowest BCUT2D eigenvalue weighted by molar-refractivity contribution is -0.134. The Labute approximate surface area is 198 Å². The number of nitrogens with zero attached hydrogens (tertiary/aromatic N) is 3. The number of rotatable bonds is 5. The lowest BCUT2D eigenvalue weighted by Crippen LogP contribution is -2.47. The van der Waals surface area contributed by atoms with Gasteiger partial charge in [-0.3, -0.25) is 14.3 Å². The maximum Gasteiger partial charge on any atom is 0.418 e. The van der Waals surface area contributed by atoms with Crippen molar-refractivity contribution in [1.29, 1.82) is 0 Å². The van der Waals surface area contributed by atoms with Gasteiger partial charge in [0.05, 0.1) is 18.2 Å². The third-order valence-corrected chi connectivity index (χ3v) is 6.79. The highest BCUT2D eigenvalue weighted by Crippen LogP contribution is 2.31. The van der Waals surface area contributed by atoms with E-state index in [0.717, 1.165) is 44.5 Å². The minimum Gasteiger partial charge on any atom is -0.449 e. The fraction of sp³-hybridized carbons (Fsp3) is 0.556. The van der Waals surface area contributed by atoms with Gasteiger partial charge in [-0.05, 0) is 70.7 Å². The minimum absolute atomic E-state index is 0.118. The number of likely N-dealkylation sites (N-methyl/N-ethyl adjacent to an activating group) is 1. The van der Waals surface area contributed by atoms with E-state index < -0.39 is 0 Å². The average Bonchev–Trinajstić information content (AvgIpc) is 3.15. The van der Waals surface area contributed by atoms with Crippen molar-refractivity contribution in [2.24, 2.45) is 5.92 Å². The number of allylic oxidation sites excluding steroid dienone is 3. The molecule has 0 N–H and O–H groups in total. The summed E-state index contributed by atoms with van der Waals surface area (Å²) in [5.41, 5.74) is 4.56. The second-order valence-electron chi connectivity index (χ2n) is 8.77. The van der Waals surface area contributed by atoms with Crippen molar-refractivity contribution in [3.63, 3.8) is 0 Å². The first-order chi connectivity index (χ1) is 15.9. The van der Waals surface area contributed by atoms with Crippen LogP contribution in [0.15, 0.2) is 36.1 Å². The molecule has 0 saturated carbocycles. The zero-order valence-corrected chi connectivity index (χ0v) is 20.8. The number of aromatic nitrogens is 1. The van der Waals surface area contributed by atoms with Crippen molar-refractivity contribution in [3.8, 4) is 0 Å². The van der Waals surface area contributed by atoms with Crippen molar-refractivity contribution in [2.45, 2.75) is 59.4 Å². The molecule has 2 heterocycles. The molecule has 1 aliphatic heterocycles. The summed E-state index contributed by atoms with van der Waals surface area (Å²) in [6, 6.07) is 0.190. The summed E-state index contributed by atoms with van der Waals surface area (Å²) < 4.78 is 6.99. The Hall–Kier alpha value is -2.60. The summed E-state index contributed by atoms with van der Waals surface area (Å²) in [6.07, 6.45) is 15.6. The second kappa shape index (κ2) is 11.5. The number of carbonyl (C=O) groups excluding carboxylic acids is 2. The molecular weight excluding hydrogens is 414 g/mol. The van der Waals surface area contributed by atoms with Gasteiger partial charge >= 0.3 is 6.09 Å². The van der Waals surface area contributed by atoms with Gasteiger partial charge in [-0.25, -0.2) is 4.79 Å². The van der Waals surface area contributed by atoms with Crippen molar-refractivity contribution in [3.05, 3.63) is 52.9 Å². The summed E-state index contributed by atoms with van der Waals surface area (Å²) in [4.78, 5) is 30.0. The average molecular weight is 454 g/mol. The lowest BCUT2D eigenvalue weighted by Gasteiger charge is -2.38. The minimum atomic E-state index is -0.332. The molecule has 2 aliphatic rings. The molecule has 0 fully saturated rings. The molecule has 3 rings (SSSR count). The molecule has 2 atom stereocenters. The van der Waals surface area contributed by atoms with E-state index in [4.69, 9.17) is 4.74 Å². The van der Waals surface area contributed by atoms with Crippen LogP contribution in [0.4, 0.5) is 4.79 Å². The lowest BCUT2D eigenvalue weighted by atomic mass is 9.86. The molecule has 0 radical (unpaired) electrons. The van der Waals surface area contributed by atoms with Crippen LogP contribution in [0.1, 0.15) is 57.4 Å². The molecule has 1 aliphatic carbocycles. The fourth-order valence-electron chi connectivity index (χ4n) is 5.06. The van der Waals surface area contributed by atoms with Crippen LogP contribution in [0.5, 0.6) is 0 Å². The first-order valence-electron chi connectivity index (χ1n) is 12.4. The number of hydrogen-bond donors (Lipinski definition) is 0. The zero-order valence-electron chi connectivity index (χ0n) is 20.8. The van der Waals surface area contributed by atoms with Crippen molar-refractivity contribution >= 4 is 18.1 Å².